The Morgan fingerprint density at radius 1 is 1.23 bits per heavy atom. The summed E-state index contributed by atoms with van der Waals surface area (Å²) in [6, 6.07) is 5.70. The molecular formula is C25H20F4N2O4. The van der Waals surface area contributed by atoms with Gasteiger partial charge in [-0.05, 0) is 37.1 Å². The number of alkyl halides is 3. The molecule has 2 amide bonds. The lowest BCUT2D eigenvalue weighted by Crippen LogP contribution is -2.40. The van der Waals surface area contributed by atoms with Gasteiger partial charge >= 0.3 is 6.18 Å². The van der Waals surface area contributed by atoms with Crippen molar-refractivity contribution in [3.63, 3.8) is 0 Å². The number of nitrogens with zero attached hydrogens (tertiary/aromatic N) is 1. The molecule has 35 heavy (non-hydrogen) atoms. The molecule has 0 bridgehead atoms. The van der Waals surface area contributed by atoms with E-state index in [2.05, 4.69) is 17.6 Å². The average molecular weight is 488 g/mol. The highest BCUT2D eigenvalue weighted by Crippen LogP contribution is 2.37. The SMILES string of the molecule is C=C=C1c2cccc(CNC(=O)c3ccc(C(F)(F)F)c(F)c3)c2C(=O)N1C(CCC=O)C(C)=O. The second kappa shape index (κ2) is 10.1. The number of ketones is 1. The minimum absolute atomic E-state index is 0.0569. The number of amides is 2. The van der Waals surface area contributed by atoms with Gasteiger partial charge in [0.1, 0.15) is 12.1 Å². The Morgan fingerprint density at radius 2 is 1.94 bits per heavy atom. The first-order valence-electron chi connectivity index (χ1n) is 10.5. The van der Waals surface area contributed by atoms with Crippen molar-refractivity contribution in [1.82, 2.24) is 10.2 Å². The van der Waals surface area contributed by atoms with Crippen LogP contribution in [0.2, 0.25) is 0 Å². The Balaban J connectivity index is 1.87. The predicted octanol–water partition coefficient (Wildman–Crippen LogP) is 4.29. The molecule has 6 nitrogen and oxygen atoms in total. The van der Waals surface area contributed by atoms with Gasteiger partial charge in [0.05, 0.1) is 22.9 Å². The number of nitrogens with one attached hydrogen (secondary N) is 1. The van der Waals surface area contributed by atoms with E-state index in [-0.39, 0.29) is 42.0 Å². The zero-order valence-corrected chi connectivity index (χ0v) is 18.5. The summed E-state index contributed by atoms with van der Waals surface area (Å²) in [6.07, 6.45) is -4.08. The van der Waals surface area contributed by atoms with Crippen molar-refractivity contribution in [1.29, 1.82) is 0 Å². The molecule has 1 unspecified atom stereocenters. The monoisotopic (exact) mass is 488 g/mol. The number of aldehydes is 1. The van der Waals surface area contributed by atoms with Crippen molar-refractivity contribution in [2.75, 3.05) is 0 Å². The number of fused-ring (bicyclic) bond motifs is 1. The Morgan fingerprint density at radius 3 is 2.51 bits per heavy atom. The summed E-state index contributed by atoms with van der Waals surface area (Å²) in [4.78, 5) is 50.1. The molecule has 10 heteroatoms. The Labute approximate surface area is 197 Å². The quantitative estimate of drug-likeness (QED) is 0.341. The topological polar surface area (TPSA) is 83.6 Å². The van der Waals surface area contributed by atoms with Crippen LogP contribution in [0, 0.1) is 5.82 Å². The fraction of sp³-hybridized carbons (Fsp3) is 0.240. The number of hydrogen-bond donors (Lipinski definition) is 1. The summed E-state index contributed by atoms with van der Waals surface area (Å²) in [5.41, 5.74) is 2.09. The van der Waals surface area contributed by atoms with Gasteiger partial charge in [0.15, 0.2) is 5.78 Å². The van der Waals surface area contributed by atoms with Crippen LogP contribution in [0.25, 0.3) is 5.70 Å². The summed E-state index contributed by atoms with van der Waals surface area (Å²) in [7, 11) is 0. The summed E-state index contributed by atoms with van der Waals surface area (Å²) >= 11 is 0. The number of Topliss-reactive ketones (excluding diaryl/α,β-unsaturated/α-hetero) is 1. The van der Waals surface area contributed by atoms with E-state index in [9.17, 15) is 36.7 Å². The van der Waals surface area contributed by atoms with Gasteiger partial charge in [-0.1, -0.05) is 24.8 Å². The first-order chi connectivity index (χ1) is 16.5. The molecular weight excluding hydrogens is 468 g/mol. The molecule has 0 saturated heterocycles. The van der Waals surface area contributed by atoms with Crippen LogP contribution >= 0.6 is 0 Å². The minimum atomic E-state index is -4.89. The molecule has 1 heterocycles. The van der Waals surface area contributed by atoms with Crippen LogP contribution in [-0.4, -0.2) is 34.8 Å². The molecule has 2 aromatic rings. The zero-order valence-electron chi connectivity index (χ0n) is 18.5. The average Bonchev–Trinajstić information content (AvgIpc) is 3.08. The van der Waals surface area contributed by atoms with E-state index in [1.165, 1.54) is 11.8 Å². The number of benzene rings is 2. The van der Waals surface area contributed by atoms with Crippen molar-refractivity contribution in [3.8, 4) is 0 Å². The van der Waals surface area contributed by atoms with Crippen molar-refractivity contribution >= 4 is 29.6 Å². The van der Waals surface area contributed by atoms with Crippen LogP contribution in [0.1, 0.15) is 57.2 Å². The maximum absolute atomic E-state index is 13.8. The number of carbonyl (C=O) groups excluding carboxylic acids is 4. The van der Waals surface area contributed by atoms with Gasteiger partial charge in [-0.25, -0.2) is 4.39 Å². The van der Waals surface area contributed by atoms with Crippen molar-refractivity contribution in [2.45, 2.75) is 38.5 Å². The summed E-state index contributed by atoms with van der Waals surface area (Å²) in [5, 5.41) is 2.47. The van der Waals surface area contributed by atoms with Gasteiger partial charge in [-0.2, -0.15) is 13.2 Å². The van der Waals surface area contributed by atoms with E-state index >= 15 is 0 Å². The van der Waals surface area contributed by atoms with Crippen molar-refractivity contribution in [3.05, 3.63) is 82.3 Å². The lowest BCUT2D eigenvalue weighted by molar-refractivity contribution is -0.140. The lowest BCUT2D eigenvalue weighted by Gasteiger charge is -2.25. The number of rotatable bonds is 8. The molecule has 0 radical (unpaired) electrons. The molecule has 1 aliphatic rings. The smallest absolute Gasteiger partial charge is 0.348 e. The number of hydrogen-bond acceptors (Lipinski definition) is 4. The van der Waals surface area contributed by atoms with Gasteiger partial charge in [0.25, 0.3) is 11.8 Å². The van der Waals surface area contributed by atoms with Crippen LogP contribution < -0.4 is 5.32 Å². The predicted molar refractivity (Wildman–Crippen MR) is 117 cm³/mol. The largest absolute Gasteiger partial charge is 0.419 e. The minimum Gasteiger partial charge on any atom is -0.348 e. The second-order valence-electron chi connectivity index (χ2n) is 7.79. The van der Waals surface area contributed by atoms with E-state index in [0.717, 1.165) is 6.07 Å². The van der Waals surface area contributed by atoms with Crippen LogP contribution in [-0.2, 0) is 22.3 Å². The normalized spacial score (nSPS) is 13.8. The molecule has 0 fully saturated rings. The van der Waals surface area contributed by atoms with E-state index in [4.69, 9.17) is 0 Å². The molecule has 0 aliphatic carbocycles. The van der Waals surface area contributed by atoms with E-state index in [0.29, 0.717) is 29.5 Å². The molecule has 2 aromatic carbocycles. The maximum Gasteiger partial charge on any atom is 0.419 e. The molecule has 1 atom stereocenters. The van der Waals surface area contributed by atoms with Crippen molar-refractivity contribution in [2.24, 2.45) is 0 Å². The maximum atomic E-state index is 13.8. The Hall–Kier alpha value is -4.04. The van der Waals surface area contributed by atoms with E-state index < -0.39 is 35.4 Å². The third kappa shape index (κ3) is 5.07. The first-order valence-corrected chi connectivity index (χ1v) is 10.5. The standard InChI is InChI=1S/C25H20F4N2O4/c1-3-20-17-7-4-6-16(22(17)24(35)31(20)21(14(2)33)8-5-11-32)13-30-23(34)15-9-10-18(19(26)12-15)25(27,28)29/h4,6-7,9-12,21H,1,5,8,13H2,2H3,(H,30,34). The molecule has 0 spiro atoms. The fourth-order valence-corrected chi connectivity index (χ4v) is 3.93. The lowest BCUT2D eigenvalue weighted by atomic mass is 10.0. The van der Waals surface area contributed by atoms with Crippen LogP contribution in [0.5, 0.6) is 0 Å². The first kappa shape index (κ1) is 25.6. The molecule has 0 saturated carbocycles. The van der Waals surface area contributed by atoms with Crippen LogP contribution in [0.4, 0.5) is 17.6 Å². The van der Waals surface area contributed by atoms with Gasteiger partial charge < -0.3 is 10.1 Å². The highest BCUT2D eigenvalue weighted by molar-refractivity contribution is 6.12. The zero-order chi connectivity index (χ0) is 25.9. The van der Waals surface area contributed by atoms with Gasteiger partial charge in [0, 0.05) is 24.1 Å². The van der Waals surface area contributed by atoms with E-state index in [1.54, 1.807) is 18.2 Å². The Bertz CT molecular complexity index is 1260. The summed E-state index contributed by atoms with van der Waals surface area (Å²) in [6.45, 7) is 4.70. The molecule has 3 rings (SSSR count). The molecule has 182 valence electrons. The highest BCUT2D eigenvalue weighted by atomic mass is 19.4. The van der Waals surface area contributed by atoms with Gasteiger partial charge in [0.2, 0.25) is 0 Å². The number of halogens is 4. The second-order valence-corrected chi connectivity index (χ2v) is 7.79. The summed E-state index contributed by atoms with van der Waals surface area (Å²) in [5.74, 6) is -3.30. The third-order valence-electron chi connectivity index (χ3n) is 5.56. The highest BCUT2D eigenvalue weighted by Gasteiger charge is 2.40. The molecule has 0 aromatic heterocycles. The molecule has 1 aliphatic heterocycles. The van der Waals surface area contributed by atoms with Gasteiger partial charge in [-0.15, -0.1) is 5.73 Å². The van der Waals surface area contributed by atoms with Crippen LogP contribution in [0.3, 0.4) is 0 Å². The summed E-state index contributed by atoms with van der Waals surface area (Å²) < 4.78 is 52.1. The van der Waals surface area contributed by atoms with Crippen LogP contribution in [0.15, 0.2) is 48.7 Å². The Kier molecular flexibility index (Phi) is 7.36. The third-order valence-corrected chi connectivity index (χ3v) is 5.56. The molecule has 1 N–H and O–H groups in total. The fourth-order valence-electron chi connectivity index (χ4n) is 3.93. The van der Waals surface area contributed by atoms with Crippen molar-refractivity contribution < 1.29 is 36.7 Å². The van der Waals surface area contributed by atoms with E-state index in [1.807, 2.05) is 0 Å². The van der Waals surface area contributed by atoms with Gasteiger partial charge in [-0.3, -0.25) is 19.3 Å². The number of carbonyl (C=O) groups is 4.